The number of halogens is 1. The molecule has 1 aromatic heterocycles. The van der Waals surface area contributed by atoms with Crippen molar-refractivity contribution < 1.29 is 0 Å². The number of aromatic nitrogens is 3. The van der Waals surface area contributed by atoms with Crippen LogP contribution in [0.25, 0.3) is 0 Å². The molecule has 0 aliphatic rings. The predicted molar refractivity (Wildman–Crippen MR) is 86.2 cm³/mol. The monoisotopic (exact) mass is 326 g/mol. The zero-order valence-corrected chi connectivity index (χ0v) is 13.8. The summed E-state index contributed by atoms with van der Waals surface area (Å²) < 4.78 is 1.63. The van der Waals surface area contributed by atoms with E-state index in [1.165, 1.54) is 11.8 Å². The van der Waals surface area contributed by atoms with Crippen LogP contribution in [0.2, 0.25) is 5.02 Å². The highest BCUT2D eigenvalue weighted by atomic mass is 35.5. The van der Waals surface area contributed by atoms with E-state index in [9.17, 15) is 4.79 Å². The topological polar surface area (TPSA) is 76.7 Å². The highest BCUT2D eigenvalue weighted by Gasteiger charge is 2.15. The van der Waals surface area contributed by atoms with E-state index in [2.05, 4.69) is 10.2 Å². The summed E-state index contributed by atoms with van der Waals surface area (Å²) >= 11 is 7.51. The highest BCUT2D eigenvalue weighted by Crippen LogP contribution is 2.32. The molecule has 21 heavy (non-hydrogen) atoms. The fourth-order valence-electron chi connectivity index (χ4n) is 2.05. The van der Waals surface area contributed by atoms with E-state index >= 15 is 0 Å². The standard InChI is InChI=1S/C14H19ClN4OS/c1-8(2)19-13(20)17-18-14(19)21-12-7-11(15)5-4-10(12)6-9(3)16/h4-5,7-9H,6,16H2,1-3H3,(H,17,20). The molecule has 1 aromatic carbocycles. The van der Waals surface area contributed by atoms with Crippen LogP contribution in [0, 0.1) is 0 Å². The lowest BCUT2D eigenvalue weighted by molar-refractivity contribution is 0.534. The molecule has 7 heteroatoms. The summed E-state index contributed by atoms with van der Waals surface area (Å²) in [7, 11) is 0. The number of benzene rings is 1. The van der Waals surface area contributed by atoms with Gasteiger partial charge in [0.2, 0.25) is 0 Å². The Morgan fingerprint density at radius 1 is 1.43 bits per heavy atom. The summed E-state index contributed by atoms with van der Waals surface area (Å²) in [6, 6.07) is 5.79. The molecule has 0 saturated heterocycles. The summed E-state index contributed by atoms with van der Waals surface area (Å²) in [5.41, 5.74) is 6.78. The molecule has 1 atom stereocenters. The third-order valence-electron chi connectivity index (χ3n) is 2.96. The third kappa shape index (κ3) is 3.90. The Morgan fingerprint density at radius 3 is 2.76 bits per heavy atom. The highest BCUT2D eigenvalue weighted by molar-refractivity contribution is 7.99. The summed E-state index contributed by atoms with van der Waals surface area (Å²) in [6.07, 6.45) is 0.746. The van der Waals surface area contributed by atoms with Gasteiger partial charge in [0.25, 0.3) is 0 Å². The van der Waals surface area contributed by atoms with Crippen molar-refractivity contribution in [3.63, 3.8) is 0 Å². The van der Waals surface area contributed by atoms with Crippen molar-refractivity contribution >= 4 is 23.4 Å². The maximum absolute atomic E-state index is 11.8. The number of hydrogen-bond acceptors (Lipinski definition) is 4. The Labute approximate surface area is 132 Å². The van der Waals surface area contributed by atoms with Crippen LogP contribution in [-0.2, 0) is 6.42 Å². The van der Waals surface area contributed by atoms with Crippen LogP contribution >= 0.6 is 23.4 Å². The van der Waals surface area contributed by atoms with Gasteiger partial charge in [-0.1, -0.05) is 17.7 Å². The quantitative estimate of drug-likeness (QED) is 0.885. The van der Waals surface area contributed by atoms with Crippen LogP contribution in [0.3, 0.4) is 0 Å². The largest absolute Gasteiger partial charge is 0.344 e. The molecule has 0 saturated carbocycles. The average Bonchev–Trinajstić information content (AvgIpc) is 2.73. The first-order valence-electron chi connectivity index (χ1n) is 6.77. The van der Waals surface area contributed by atoms with Crippen LogP contribution in [0.1, 0.15) is 32.4 Å². The Morgan fingerprint density at radius 2 is 2.14 bits per heavy atom. The van der Waals surface area contributed by atoms with E-state index in [4.69, 9.17) is 17.3 Å². The molecule has 0 amide bonds. The second-order valence-corrected chi connectivity index (χ2v) is 6.76. The molecule has 0 radical (unpaired) electrons. The van der Waals surface area contributed by atoms with Crippen molar-refractivity contribution in [1.29, 1.82) is 0 Å². The molecule has 0 bridgehead atoms. The molecule has 0 aliphatic carbocycles. The minimum atomic E-state index is -0.205. The molecule has 0 aliphatic heterocycles. The first-order valence-corrected chi connectivity index (χ1v) is 7.96. The maximum atomic E-state index is 11.8. The fraction of sp³-hybridized carbons (Fsp3) is 0.429. The zero-order chi connectivity index (χ0) is 15.6. The van der Waals surface area contributed by atoms with Gasteiger partial charge in [0.15, 0.2) is 5.16 Å². The van der Waals surface area contributed by atoms with Crippen molar-refractivity contribution in [2.75, 3.05) is 0 Å². The number of nitrogens with zero attached hydrogens (tertiary/aromatic N) is 2. The summed E-state index contributed by atoms with van der Waals surface area (Å²) in [5.74, 6) is 0. The van der Waals surface area contributed by atoms with Gasteiger partial charge in [0.1, 0.15) is 0 Å². The lowest BCUT2D eigenvalue weighted by atomic mass is 10.1. The van der Waals surface area contributed by atoms with Crippen molar-refractivity contribution in [3.05, 3.63) is 39.3 Å². The average molecular weight is 327 g/mol. The van der Waals surface area contributed by atoms with Crippen molar-refractivity contribution in [2.24, 2.45) is 5.73 Å². The van der Waals surface area contributed by atoms with E-state index < -0.39 is 0 Å². The van der Waals surface area contributed by atoms with Crippen molar-refractivity contribution in [1.82, 2.24) is 14.8 Å². The van der Waals surface area contributed by atoms with E-state index in [-0.39, 0.29) is 17.8 Å². The first kappa shape index (κ1) is 16.1. The van der Waals surface area contributed by atoms with Gasteiger partial charge in [-0.2, -0.15) is 0 Å². The van der Waals surface area contributed by atoms with Gasteiger partial charge in [0, 0.05) is 22.0 Å². The van der Waals surface area contributed by atoms with Crippen LogP contribution < -0.4 is 11.4 Å². The number of H-pyrrole nitrogens is 1. The molecule has 0 spiro atoms. The Bertz CT molecular complexity index is 678. The molecular weight excluding hydrogens is 308 g/mol. The van der Waals surface area contributed by atoms with Crippen LogP contribution in [0.15, 0.2) is 33.0 Å². The van der Waals surface area contributed by atoms with Gasteiger partial charge in [0.05, 0.1) is 0 Å². The van der Waals surface area contributed by atoms with Crippen LogP contribution in [0.4, 0.5) is 0 Å². The summed E-state index contributed by atoms with van der Waals surface area (Å²) in [4.78, 5) is 12.8. The van der Waals surface area contributed by atoms with Crippen LogP contribution in [0.5, 0.6) is 0 Å². The normalized spacial score (nSPS) is 12.9. The van der Waals surface area contributed by atoms with E-state index in [1.807, 2.05) is 39.0 Å². The number of nitrogens with one attached hydrogen (secondary N) is 1. The van der Waals surface area contributed by atoms with E-state index in [1.54, 1.807) is 4.57 Å². The molecule has 2 rings (SSSR count). The van der Waals surface area contributed by atoms with Gasteiger partial charge in [-0.15, -0.1) is 5.10 Å². The Balaban J connectivity index is 2.39. The fourth-order valence-corrected chi connectivity index (χ4v) is 3.44. The minimum absolute atomic E-state index is 0.0369. The lowest BCUT2D eigenvalue weighted by Gasteiger charge is -2.13. The van der Waals surface area contributed by atoms with Gasteiger partial charge < -0.3 is 5.73 Å². The maximum Gasteiger partial charge on any atom is 0.344 e. The molecule has 2 aromatic rings. The molecule has 5 nitrogen and oxygen atoms in total. The molecule has 0 fully saturated rings. The number of nitrogens with two attached hydrogens (primary N) is 1. The molecule has 114 valence electrons. The molecule has 1 unspecified atom stereocenters. The number of aromatic amines is 1. The first-order chi connectivity index (χ1) is 9.88. The third-order valence-corrected chi connectivity index (χ3v) is 4.27. The Kier molecular flexibility index (Phi) is 5.13. The summed E-state index contributed by atoms with van der Waals surface area (Å²) in [6.45, 7) is 5.85. The van der Waals surface area contributed by atoms with Crippen molar-refractivity contribution in [2.45, 2.75) is 49.3 Å². The van der Waals surface area contributed by atoms with Crippen molar-refractivity contribution in [3.8, 4) is 0 Å². The number of hydrogen-bond donors (Lipinski definition) is 2. The van der Waals surface area contributed by atoms with Crippen LogP contribution in [-0.4, -0.2) is 20.8 Å². The van der Waals surface area contributed by atoms with Gasteiger partial charge in [-0.3, -0.25) is 4.57 Å². The van der Waals surface area contributed by atoms with Gasteiger partial charge in [-0.25, -0.2) is 9.89 Å². The SMILES string of the molecule is CC(N)Cc1ccc(Cl)cc1Sc1n[nH]c(=O)n1C(C)C. The van der Waals surface area contributed by atoms with Gasteiger partial charge >= 0.3 is 5.69 Å². The number of rotatable bonds is 5. The lowest BCUT2D eigenvalue weighted by Crippen LogP contribution is -2.19. The van der Waals surface area contributed by atoms with E-state index in [0.717, 1.165) is 16.9 Å². The molecular formula is C14H19ClN4OS. The predicted octanol–water partition coefficient (Wildman–Crippen LogP) is 2.85. The molecule has 1 heterocycles. The second kappa shape index (κ2) is 6.68. The smallest absolute Gasteiger partial charge is 0.328 e. The summed E-state index contributed by atoms with van der Waals surface area (Å²) in [5, 5.41) is 7.87. The zero-order valence-electron chi connectivity index (χ0n) is 12.3. The minimum Gasteiger partial charge on any atom is -0.328 e. The van der Waals surface area contributed by atoms with Gasteiger partial charge in [-0.05, 0) is 56.7 Å². The van der Waals surface area contributed by atoms with E-state index in [0.29, 0.717) is 10.2 Å². The molecule has 3 N–H and O–H groups in total. The second-order valence-electron chi connectivity index (χ2n) is 5.31. The Hall–Kier alpha value is -1.24.